The molecule has 2 aromatic rings. The van der Waals surface area contributed by atoms with Crippen LogP contribution in [0.1, 0.15) is 5.56 Å². The zero-order valence-corrected chi connectivity index (χ0v) is 12.8. The van der Waals surface area contributed by atoms with E-state index in [9.17, 15) is 0 Å². The molecule has 0 aliphatic carbocycles. The summed E-state index contributed by atoms with van der Waals surface area (Å²) in [7, 11) is 0. The zero-order chi connectivity index (χ0) is 16.7. The van der Waals surface area contributed by atoms with Crippen molar-refractivity contribution in [3.05, 3.63) is 60.7 Å². The lowest BCUT2D eigenvalue weighted by molar-refractivity contribution is 0.308. The summed E-state index contributed by atoms with van der Waals surface area (Å²) in [6.07, 6.45) is 3.17. The Morgan fingerprint density at radius 1 is 1.22 bits per heavy atom. The molecular formula is C17H21N5O. The van der Waals surface area contributed by atoms with Gasteiger partial charge in [-0.15, -0.1) is 6.58 Å². The van der Waals surface area contributed by atoms with Crippen LogP contribution in [-0.4, -0.2) is 12.3 Å². The number of benzene rings is 2. The molecule has 0 bridgehead atoms. The van der Waals surface area contributed by atoms with Crippen LogP contribution in [-0.2, 0) is 6.61 Å². The summed E-state index contributed by atoms with van der Waals surface area (Å²) in [5.41, 5.74) is 23.1. The van der Waals surface area contributed by atoms with Gasteiger partial charge in [0.25, 0.3) is 0 Å². The van der Waals surface area contributed by atoms with Gasteiger partial charge in [0.1, 0.15) is 12.4 Å². The molecule has 6 nitrogen and oxygen atoms in total. The van der Waals surface area contributed by atoms with Crippen molar-refractivity contribution in [3.63, 3.8) is 0 Å². The molecule has 0 aromatic heterocycles. The second kappa shape index (κ2) is 7.86. The van der Waals surface area contributed by atoms with E-state index in [1.54, 1.807) is 30.5 Å². The zero-order valence-electron chi connectivity index (χ0n) is 12.8. The van der Waals surface area contributed by atoms with Crippen LogP contribution in [0.25, 0.3) is 0 Å². The average Bonchev–Trinajstić information content (AvgIpc) is 2.56. The van der Waals surface area contributed by atoms with E-state index < -0.39 is 0 Å². The van der Waals surface area contributed by atoms with Gasteiger partial charge in [0.2, 0.25) is 0 Å². The van der Waals surface area contributed by atoms with E-state index in [1.165, 1.54) is 0 Å². The topological polar surface area (TPSA) is 112 Å². The molecule has 2 rings (SSSR count). The number of para-hydroxylation sites is 1. The lowest BCUT2D eigenvalue weighted by Gasteiger charge is -2.12. The number of anilines is 3. The van der Waals surface area contributed by atoms with Crippen molar-refractivity contribution in [2.45, 2.75) is 12.6 Å². The fourth-order valence-corrected chi connectivity index (χ4v) is 1.84. The van der Waals surface area contributed by atoms with Crippen molar-refractivity contribution >= 4 is 23.3 Å². The van der Waals surface area contributed by atoms with E-state index in [2.05, 4.69) is 17.1 Å². The van der Waals surface area contributed by atoms with E-state index in [4.69, 9.17) is 21.9 Å². The fraction of sp³-hybridized carbons (Fsp3) is 0.118. The van der Waals surface area contributed by atoms with Gasteiger partial charge in [0.05, 0.1) is 17.4 Å². The first-order valence-corrected chi connectivity index (χ1v) is 7.13. The van der Waals surface area contributed by atoms with Crippen molar-refractivity contribution in [3.8, 4) is 5.75 Å². The summed E-state index contributed by atoms with van der Waals surface area (Å²) in [6, 6.07) is 12.5. The maximum atomic E-state index is 5.88. The molecule has 2 aromatic carbocycles. The number of hydrogen-bond acceptors (Lipinski definition) is 6. The highest BCUT2D eigenvalue weighted by Gasteiger charge is 2.05. The van der Waals surface area contributed by atoms with Gasteiger partial charge in [-0.3, -0.25) is 5.43 Å². The second-order valence-electron chi connectivity index (χ2n) is 4.95. The number of nitrogens with one attached hydrogen (secondary N) is 1. The van der Waals surface area contributed by atoms with Gasteiger partial charge in [0, 0.05) is 23.5 Å². The molecule has 1 unspecified atom stereocenters. The Bertz CT molecular complexity index is 699. The van der Waals surface area contributed by atoms with E-state index in [1.807, 2.05) is 24.3 Å². The monoisotopic (exact) mass is 311 g/mol. The van der Waals surface area contributed by atoms with Gasteiger partial charge in [0.15, 0.2) is 0 Å². The van der Waals surface area contributed by atoms with E-state index >= 15 is 0 Å². The maximum absolute atomic E-state index is 5.88. The third kappa shape index (κ3) is 4.76. The molecule has 0 aliphatic heterocycles. The van der Waals surface area contributed by atoms with Crippen LogP contribution in [0.15, 0.2) is 60.2 Å². The number of hydrazone groups is 1. The standard InChI is InChI=1S/C17H21N5O/c1-2-13(18)10-21-22-16-6-4-3-5-12(16)11-23-17-9-14(19)7-8-15(17)20/h2-10,13,22H,1,11,18-20H2/b21-10-. The Kier molecular flexibility index (Phi) is 5.60. The molecule has 1 atom stereocenters. The van der Waals surface area contributed by atoms with Gasteiger partial charge in [-0.05, 0) is 18.2 Å². The Labute approximate surface area is 135 Å². The quantitative estimate of drug-likeness (QED) is 0.271. The first-order valence-electron chi connectivity index (χ1n) is 7.13. The Hall–Kier alpha value is -2.99. The molecule has 0 spiro atoms. The highest BCUT2D eigenvalue weighted by atomic mass is 16.5. The minimum Gasteiger partial charge on any atom is -0.487 e. The van der Waals surface area contributed by atoms with Gasteiger partial charge >= 0.3 is 0 Å². The molecule has 0 saturated heterocycles. The fourth-order valence-electron chi connectivity index (χ4n) is 1.84. The summed E-state index contributed by atoms with van der Waals surface area (Å²) in [4.78, 5) is 0. The lowest BCUT2D eigenvalue weighted by Crippen LogP contribution is -2.18. The number of rotatable bonds is 7. The Morgan fingerprint density at radius 3 is 2.78 bits per heavy atom. The van der Waals surface area contributed by atoms with Crippen LogP contribution in [0.4, 0.5) is 17.1 Å². The molecule has 0 radical (unpaired) electrons. The SMILES string of the molecule is C=CC(N)/C=N\Nc1ccccc1COc1cc(N)ccc1N. The molecule has 0 heterocycles. The molecule has 6 heteroatoms. The first-order chi connectivity index (χ1) is 11.1. The van der Waals surface area contributed by atoms with Crippen molar-refractivity contribution in [1.82, 2.24) is 0 Å². The lowest BCUT2D eigenvalue weighted by atomic mass is 10.2. The Morgan fingerprint density at radius 2 is 2.00 bits per heavy atom. The Balaban J connectivity index is 2.07. The van der Waals surface area contributed by atoms with Crippen molar-refractivity contribution in [1.29, 1.82) is 0 Å². The molecule has 23 heavy (non-hydrogen) atoms. The van der Waals surface area contributed by atoms with Crippen LogP contribution >= 0.6 is 0 Å². The van der Waals surface area contributed by atoms with Crippen molar-refractivity contribution in [2.75, 3.05) is 16.9 Å². The number of ether oxygens (including phenoxy) is 1. The third-order valence-corrected chi connectivity index (χ3v) is 3.14. The van der Waals surface area contributed by atoms with Crippen LogP contribution in [0.3, 0.4) is 0 Å². The molecule has 0 saturated carbocycles. The predicted octanol–water partition coefficient (Wildman–Crippen LogP) is 2.34. The van der Waals surface area contributed by atoms with Crippen LogP contribution in [0.5, 0.6) is 5.75 Å². The van der Waals surface area contributed by atoms with Crippen LogP contribution in [0, 0.1) is 0 Å². The van der Waals surface area contributed by atoms with E-state index in [0.29, 0.717) is 23.7 Å². The van der Waals surface area contributed by atoms with Gasteiger partial charge in [-0.2, -0.15) is 5.10 Å². The number of nitrogens with two attached hydrogens (primary N) is 3. The smallest absolute Gasteiger partial charge is 0.144 e. The highest BCUT2D eigenvalue weighted by molar-refractivity contribution is 5.68. The minimum atomic E-state index is -0.294. The molecule has 0 amide bonds. The number of nitrogen functional groups attached to an aromatic ring is 2. The summed E-state index contributed by atoms with van der Waals surface area (Å²) >= 11 is 0. The summed E-state index contributed by atoms with van der Waals surface area (Å²) in [5.74, 6) is 0.553. The molecule has 0 fully saturated rings. The first kappa shape index (κ1) is 16.4. The largest absolute Gasteiger partial charge is 0.487 e. The second-order valence-corrected chi connectivity index (χ2v) is 4.95. The highest BCUT2D eigenvalue weighted by Crippen LogP contribution is 2.26. The van der Waals surface area contributed by atoms with Gasteiger partial charge in [-0.25, -0.2) is 0 Å². The van der Waals surface area contributed by atoms with Gasteiger partial charge < -0.3 is 21.9 Å². The number of nitrogens with zero attached hydrogens (tertiary/aromatic N) is 1. The molecule has 0 aliphatic rings. The summed E-state index contributed by atoms with van der Waals surface area (Å²) in [5, 5.41) is 4.09. The van der Waals surface area contributed by atoms with Crippen molar-refractivity contribution < 1.29 is 4.74 Å². The molecular weight excluding hydrogens is 290 g/mol. The normalized spacial score (nSPS) is 12.0. The van der Waals surface area contributed by atoms with E-state index in [-0.39, 0.29) is 6.04 Å². The summed E-state index contributed by atoms with van der Waals surface area (Å²) in [6.45, 7) is 3.93. The van der Waals surface area contributed by atoms with E-state index in [0.717, 1.165) is 11.3 Å². The maximum Gasteiger partial charge on any atom is 0.144 e. The third-order valence-electron chi connectivity index (χ3n) is 3.14. The molecule has 120 valence electrons. The van der Waals surface area contributed by atoms with Gasteiger partial charge in [-0.1, -0.05) is 24.3 Å². The average molecular weight is 311 g/mol. The predicted molar refractivity (Wildman–Crippen MR) is 96.3 cm³/mol. The minimum absolute atomic E-state index is 0.294. The number of hydrogen-bond donors (Lipinski definition) is 4. The summed E-state index contributed by atoms with van der Waals surface area (Å²) < 4.78 is 5.76. The van der Waals surface area contributed by atoms with Crippen LogP contribution < -0.4 is 27.4 Å². The molecule has 7 N–H and O–H groups in total. The van der Waals surface area contributed by atoms with Crippen molar-refractivity contribution in [2.24, 2.45) is 10.8 Å². The van der Waals surface area contributed by atoms with Crippen LogP contribution in [0.2, 0.25) is 0 Å².